The lowest BCUT2D eigenvalue weighted by Crippen LogP contribution is -2.53. The molecule has 2 aromatic carbocycles. The Labute approximate surface area is 177 Å². The number of piperidine rings is 1. The van der Waals surface area contributed by atoms with Crippen molar-refractivity contribution in [3.63, 3.8) is 0 Å². The van der Waals surface area contributed by atoms with Crippen LogP contribution in [0.25, 0.3) is 0 Å². The van der Waals surface area contributed by atoms with Gasteiger partial charge in [0.25, 0.3) is 0 Å². The number of aliphatic hydroxyl groups is 1. The fraction of sp³-hybridized carbons (Fsp3) is 0.458. The first-order valence-corrected chi connectivity index (χ1v) is 10.6. The summed E-state index contributed by atoms with van der Waals surface area (Å²) in [4.78, 5) is 14.5. The topological polar surface area (TPSA) is 68.2 Å². The zero-order valence-electron chi connectivity index (χ0n) is 17.3. The molecule has 2 aliphatic rings. The number of carbonyl (C=O) groups excluding carboxylic acids is 1. The van der Waals surface area contributed by atoms with Crippen molar-refractivity contribution in [1.29, 1.82) is 0 Å². The van der Waals surface area contributed by atoms with Crippen LogP contribution in [0, 0.1) is 0 Å². The average molecular weight is 411 g/mol. The zero-order chi connectivity index (χ0) is 21.0. The van der Waals surface area contributed by atoms with E-state index in [0.29, 0.717) is 37.4 Å². The van der Waals surface area contributed by atoms with Gasteiger partial charge in [-0.25, -0.2) is 4.79 Å². The number of ether oxygens (including phenoxy) is 3. The normalized spacial score (nSPS) is 25.1. The number of methoxy groups -OCH3 is 1. The highest BCUT2D eigenvalue weighted by atomic mass is 16.6. The summed E-state index contributed by atoms with van der Waals surface area (Å²) in [6, 6.07) is 17.2. The van der Waals surface area contributed by atoms with Crippen molar-refractivity contribution in [2.24, 2.45) is 0 Å². The second kappa shape index (κ2) is 8.96. The fourth-order valence-corrected chi connectivity index (χ4v) is 4.71. The summed E-state index contributed by atoms with van der Waals surface area (Å²) >= 11 is 0. The van der Waals surface area contributed by atoms with Crippen molar-refractivity contribution < 1.29 is 24.1 Å². The van der Waals surface area contributed by atoms with E-state index in [4.69, 9.17) is 14.2 Å². The van der Waals surface area contributed by atoms with Gasteiger partial charge in [0.1, 0.15) is 6.61 Å². The number of benzene rings is 2. The minimum atomic E-state index is -0.829. The molecule has 6 nitrogen and oxygen atoms in total. The zero-order valence-corrected chi connectivity index (χ0v) is 17.3. The van der Waals surface area contributed by atoms with E-state index in [2.05, 4.69) is 0 Å². The van der Waals surface area contributed by atoms with Gasteiger partial charge in [0.05, 0.1) is 19.3 Å². The summed E-state index contributed by atoms with van der Waals surface area (Å²) in [5.41, 5.74) is 0.143. The second-order valence-corrected chi connectivity index (χ2v) is 8.21. The van der Waals surface area contributed by atoms with Crippen LogP contribution in [0.15, 0.2) is 54.6 Å². The molecular formula is C24H29NO5. The molecule has 2 bridgehead atoms. The molecule has 0 aromatic heterocycles. The summed E-state index contributed by atoms with van der Waals surface area (Å²) in [6.45, 7) is 0.668. The Bertz CT molecular complexity index is 842. The standard InChI is InChI=1S/C24H29NO5/c1-28-21-9-5-6-10-22(21)29-14-13-24(27)15-19-11-12-20(16-24)25(19)23(26)30-17-18-7-3-2-4-8-18/h2-10,19-20,27H,11-17H2,1H3. The van der Waals surface area contributed by atoms with Gasteiger partial charge in [0.15, 0.2) is 11.5 Å². The monoisotopic (exact) mass is 411 g/mol. The minimum absolute atomic E-state index is 0.0169. The Kier molecular flexibility index (Phi) is 6.13. The smallest absolute Gasteiger partial charge is 0.410 e. The maximum absolute atomic E-state index is 12.7. The molecule has 2 fully saturated rings. The molecule has 0 saturated carbocycles. The number of amides is 1. The van der Waals surface area contributed by atoms with Crippen LogP contribution in [0.3, 0.4) is 0 Å². The molecule has 4 rings (SSSR count). The van der Waals surface area contributed by atoms with E-state index in [1.807, 2.05) is 59.5 Å². The van der Waals surface area contributed by atoms with E-state index >= 15 is 0 Å². The third kappa shape index (κ3) is 4.54. The highest BCUT2D eigenvalue weighted by molar-refractivity contribution is 5.69. The molecule has 2 unspecified atom stereocenters. The Morgan fingerprint density at radius 1 is 1.03 bits per heavy atom. The lowest BCUT2D eigenvalue weighted by atomic mass is 9.84. The molecule has 0 spiro atoms. The Morgan fingerprint density at radius 2 is 1.67 bits per heavy atom. The predicted molar refractivity (Wildman–Crippen MR) is 113 cm³/mol. The average Bonchev–Trinajstić information content (AvgIpc) is 3.05. The highest BCUT2D eigenvalue weighted by Gasteiger charge is 2.49. The van der Waals surface area contributed by atoms with Crippen LogP contribution in [0.5, 0.6) is 11.5 Å². The van der Waals surface area contributed by atoms with Crippen LogP contribution in [-0.2, 0) is 11.3 Å². The van der Waals surface area contributed by atoms with Gasteiger partial charge in [-0.05, 0) is 43.4 Å². The third-order valence-electron chi connectivity index (χ3n) is 6.16. The molecule has 6 heteroatoms. The highest BCUT2D eigenvalue weighted by Crippen LogP contribution is 2.42. The van der Waals surface area contributed by atoms with Crippen molar-refractivity contribution in [2.45, 2.75) is 56.4 Å². The first-order valence-electron chi connectivity index (χ1n) is 10.6. The van der Waals surface area contributed by atoms with Crippen molar-refractivity contribution in [1.82, 2.24) is 4.90 Å². The largest absolute Gasteiger partial charge is 0.493 e. The first kappa shape index (κ1) is 20.5. The number of hydrogen-bond acceptors (Lipinski definition) is 5. The molecule has 2 saturated heterocycles. The van der Waals surface area contributed by atoms with Gasteiger partial charge in [-0.15, -0.1) is 0 Å². The predicted octanol–water partition coefficient (Wildman–Crippen LogP) is 4.16. The Balaban J connectivity index is 1.31. The van der Waals surface area contributed by atoms with Crippen LogP contribution in [0.2, 0.25) is 0 Å². The molecule has 1 amide bonds. The molecule has 2 atom stereocenters. The van der Waals surface area contributed by atoms with E-state index in [1.165, 1.54) is 0 Å². The SMILES string of the molecule is COc1ccccc1OCCC1(O)CC2CCC(C1)N2C(=O)OCc1ccccc1. The van der Waals surface area contributed by atoms with Gasteiger partial charge in [0, 0.05) is 18.5 Å². The number of nitrogens with zero attached hydrogens (tertiary/aromatic N) is 1. The molecule has 2 heterocycles. The van der Waals surface area contributed by atoms with Crippen molar-refractivity contribution in [3.05, 3.63) is 60.2 Å². The lowest BCUT2D eigenvalue weighted by molar-refractivity contribution is -0.0598. The van der Waals surface area contributed by atoms with Crippen molar-refractivity contribution in [3.8, 4) is 11.5 Å². The van der Waals surface area contributed by atoms with Crippen LogP contribution in [-0.4, -0.2) is 47.5 Å². The summed E-state index contributed by atoms with van der Waals surface area (Å²) in [6.07, 6.45) is 3.16. The van der Waals surface area contributed by atoms with Crippen molar-refractivity contribution >= 4 is 6.09 Å². The number of hydrogen-bond donors (Lipinski definition) is 1. The Hall–Kier alpha value is -2.73. The maximum atomic E-state index is 12.7. The molecule has 2 aliphatic heterocycles. The van der Waals surface area contributed by atoms with E-state index in [-0.39, 0.29) is 24.8 Å². The van der Waals surface area contributed by atoms with Crippen LogP contribution in [0.4, 0.5) is 4.79 Å². The summed E-state index contributed by atoms with van der Waals surface area (Å²) in [5.74, 6) is 1.36. The molecule has 0 aliphatic carbocycles. The fourth-order valence-electron chi connectivity index (χ4n) is 4.71. The number of fused-ring (bicyclic) bond motifs is 2. The van der Waals surface area contributed by atoms with Gasteiger partial charge in [0.2, 0.25) is 0 Å². The van der Waals surface area contributed by atoms with Gasteiger partial charge >= 0.3 is 6.09 Å². The first-order chi connectivity index (χ1) is 14.6. The summed E-state index contributed by atoms with van der Waals surface area (Å²) in [5, 5.41) is 11.2. The van der Waals surface area contributed by atoms with E-state index < -0.39 is 5.60 Å². The molecule has 2 aromatic rings. The molecule has 30 heavy (non-hydrogen) atoms. The maximum Gasteiger partial charge on any atom is 0.410 e. The van der Waals surface area contributed by atoms with Gasteiger partial charge in [-0.3, -0.25) is 0 Å². The van der Waals surface area contributed by atoms with E-state index in [1.54, 1.807) is 7.11 Å². The lowest BCUT2D eigenvalue weighted by Gasteiger charge is -2.43. The van der Waals surface area contributed by atoms with Crippen LogP contribution >= 0.6 is 0 Å². The number of rotatable bonds is 7. The van der Waals surface area contributed by atoms with Crippen LogP contribution in [0.1, 0.15) is 37.7 Å². The quantitative estimate of drug-likeness (QED) is 0.741. The van der Waals surface area contributed by atoms with E-state index in [9.17, 15) is 9.90 Å². The summed E-state index contributed by atoms with van der Waals surface area (Å²) in [7, 11) is 1.61. The molecule has 0 radical (unpaired) electrons. The van der Waals surface area contributed by atoms with Gasteiger partial charge in [-0.1, -0.05) is 42.5 Å². The number of carbonyl (C=O) groups is 1. The Morgan fingerprint density at radius 3 is 2.33 bits per heavy atom. The van der Waals surface area contributed by atoms with Crippen molar-refractivity contribution in [2.75, 3.05) is 13.7 Å². The molecular weight excluding hydrogens is 382 g/mol. The van der Waals surface area contributed by atoms with Gasteiger partial charge < -0.3 is 24.2 Å². The van der Waals surface area contributed by atoms with E-state index in [0.717, 1.165) is 18.4 Å². The minimum Gasteiger partial charge on any atom is -0.493 e. The van der Waals surface area contributed by atoms with Crippen LogP contribution < -0.4 is 9.47 Å². The molecule has 160 valence electrons. The summed E-state index contributed by atoms with van der Waals surface area (Å²) < 4.78 is 16.7. The third-order valence-corrected chi connectivity index (χ3v) is 6.16. The second-order valence-electron chi connectivity index (χ2n) is 8.21. The molecule has 1 N–H and O–H groups in total. The van der Waals surface area contributed by atoms with Gasteiger partial charge in [-0.2, -0.15) is 0 Å². The number of para-hydroxylation sites is 2.